The van der Waals surface area contributed by atoms with Crippen LogP contribution in [0.5, 0.6) is 0 Å². The highest BCUT2D eigenvalue weighted by Crippen LogP contribution is 2.41. The van der Waals surface area contributed by atoms with Crippen LogP contribution in [0, 0.1) is 0 Å². The van der Waals surface area contributed by atoms with Crippen LogP contribution in [0.1, 0.15) is 26.2 Å². The minimum Gasteiger partial charge on any atom is -0.465 e. The molecule has 2 aliphatic rings. The van der Waals surface area contributed by atoms with Gasteiger partial charge in [0.1, 0.15) is 0 Å². The number of amides is 1. The normalized spacial score (nSPS) is 29.8. The molecule has 2 heterocycles. The third kappa shape index (κ3) is 1.77. The lowest BCUT2D eigenvalue weighted by molar-refractivity contribution is -0.137. The van der Waals surface area contributed by atoms with Crippen molar-refractivity contribution in [3.63, 3.8) is 0 Å². The molecule has 0 aromatic heterocycles. The van der Waals surface area contributed by atoms with Crippen LogP contribution in [0.3, 0.4) is 0 Å². The predicted molar refractivity (Wildman–Crippen MR) is 56.0 cm³/mol. The van der Waals surface area contributed by atoms with E-state index in [1.165, 1.54) is 11.0 Å². The Morgan fingerprint density at radius 2 is 2.31 bits per heavy atom. The zero-order chi connectivity index (χ0) is 11.7. The largest absolute Gasteiger partial charge is 0.465 e. The third-order valence-corrected chi connectivity index (χ3v) is 3.21. The number of nitrogens with zero attached hydrogens (tertiary/aromatic N) is 1. The van der Waals surface area contributed by atoms with Crippen LogP contribution < -0.4 is 0 Å². The van der Waals surface area contributed by atoms with Gasteiger partial charge in [0.05, 0.1) is 12.6 Å². The van der Waals surface area contributed by atoms with E-state index in [1.807, 2.05) is 0 Å². The van der Waals surface area contributed by atoms with E-state index in [-0.39, 0.29) is 18.1 Å². The van der Waals surface area contributed by atoms with E-state index in [1.54, 1.807) is 6.92 Å². The number of hydrogen-bond acceptors (Lipinski definition) is 3. The average Bonchev–Trinajstić information content (AvgIpc) is 2.74. The van der Waals surface area contributed by atoms with Gasteiger partial charge in [-0.15, -0.1) is 0 Å². The Morgan fingerprint density at radius 3 is 2.88 bits per heavy atom. The van der Waals surface area contributed by atoms with Gasteiger partial charge in [0, 0.05) is 12.1 Å². The molecule has 5 nitrogen and oxygen atoms in total. The lowest BCUT2D eigenvalue weighted by Gasteiger charge is -2.17. The molecular weight excluding hydrogens is 210 g/mol. The van der Waals surface area contributed by atoms with Gasteiger partial charge in [-0.25, -0.2) is 9.59 Å². The molecule has 88 valence electrons. The molecule has 1 unspecified atom stereocenters. The van der Waals surface area contributed by atoms with Crippen LogP contribution in [0.2, 0.25) is 0 Å². The number of hydrogen-bond donors (Lipinski definition) is 1. The molecule has 2 aliphatic heterocycles. The van der Waals surface area contributed by atoms with Crippen molar-refractivity contribution in [2.24, 2.45) is 0 Å². The van der Waals surface area contributed by atoms with Gasteiger partial charge in [-0.3, -0.25) is 4.90 Å². The van der Waals surface area contributed by atoms with E-state index in [4.69, 9.17) is 9.84 Å². The van der Waals surface area contributed by atoms with Gasteiger partial charge in [-0.1, -0.05) is 0 Å². The Hall–Kier alpha value is -1.52. The summed E-state index contributed by atoms with van der Waals surface area (Å²) in [5.74, 6) is -0.365. The second-order valence-electron chi connectivity index (χ2n) is 4.11. The maximum Gasteiger partial charge on any atom is 0.408 e. The Labute approximate surface area is 93.7 Å². The zero-order valence-corrected chi connectivity index (χ0v) is 9.18. The van der Waals surface area contributed by atoms with Gasteiger partial charge >= 0.3 is 12.1 Å². The SMILES string of the molecule is CCOC(=O)/C=C1/C[C@H]2CCC1N2C(=O)O. The first-order chi connectivity index (χ1) is 7.63. The standard InChI is InChI=1S/C11H15NO4/c1-2-16-10(13)6-7-5-8-3-4-9(7)12(8)11(14)15/h6,8-9H,2-5H2,1H3,(H,14,15)/b7-6-/t8-,9?/m1/s1. The molecule has 1 amide bonds. The van der Waals surface area contributed by atoms with E-state index < -0.39 is 6.09 Å². The predicted octanol–water partition coefficient (Wildman–Crippen LogP) is 1.39. The first kappa shape index (κ1) is 11.0. The summed E-state index contributed by atoms with van der Waals surface area (Å²) in [5, 5.41) is 9.03. The molecule has 2 atom stereocenters. The van der Waals surface area contributed by atoms with Crippen LogP contribution in [0.4, 0.5) is 4.79 Å². The van der Waals surface area contributed by atoms with Gasteiger partial charge in [0.15, 0.2) is 0 Å². The van der Waals surface area contributed by atoms with E-state index in [9.17, 15) is 9.59 Å². The second-order valence-corrected chi connectivity index (χ2v) is 4.11. The number of carboxylic acid groups (broad SMARTS) is 1. The fourth-order valence-electron chi connectivity index (χ4n) is 2.64. The Bertz CT molecular complexity index is 350. The van der Waals surface area contributed by atoms with Crippen molar-refractivity contribution in [2.75, 3.05) is 6.61 Å². The summed E-state index contributed by atoms with van der Waals surface area (Å²) in [5.41, 5.74) is 0.900. The highest BCUT2D eigenvalue weighted by molar-refractivity contribution is 5.83. The van der Waals surface area contributed by atoms with Crippen molar-refractivity contribution in [3.05, 3.63) is 11.6 Å². The molecule has 2 rings (SSSR count). The quantitative estimate of drug-likeness (QED) is 0.569. The van der Waals surface area contributed by atoms with Gasteiger partial charge < -0.3 is 9.84 Å². The van der Waals surface area contributed by atoms with Crippen LogP contribution >= 0.6 is 0 Å². The van der Waals surface area contributed by atoms with Gasteiger partial charge in [0.2, 0.25) is 0 Å². The average molecular weight is 225 g/mol. The number of carbonyl (C=O) groups is 2. The van der Waals surface area contributed by atoms with Gasteiger partial charge in [-0.05, 0) is 31.8 Å². The fraction of sp³-hybridized carbons (Fsp3) is 0.636. The minimum atomic E-state index is -0.889. The monoisotopic (exact) mass is 225 g/mol. The molecule has 2 bridgehead atoms. The lowest BCUT2D eigenvalue weighted by Crippen LogP contribution is -2.33. The highest BCUT2D eigenvalue weighted by atomic mass is 16.5. The maximum absolute atomic E-state index is 11.3. The molecule has 16 heavy (non-hydrogen) atoms. The third-order valence-electron chi connectivity index (χ3n) is 3.21. The summed E-state index contributed by atoms with van der Waals surface area (Å²) >= 11 is 0. The van der Waals surface area contributed by atoms with Crippen molar-refractivity contribution in [3.8, 4) is 0 Å². The summed E-state index contributed by atoms with van der Waals surface area (Å²) in [6.45, 7) is 2.10. The molecule has 2 saturated heterocycles. The second kappa shape index (κ2) is 4.15. The Balaban J connectivity index is 2.11. The van der Waals surface area contributed by atoms with Crippen LogP contribution in [0.15, 0.2) is 11.6 Å². The van der Waals surface area contributed by atoms with Gasteiger partial charge in [0.25, 0.3) is 0 Å². The molecule has 1 N–H and O–H groups in total. The smallest absolute Gasteiger partial charge is 0.408 e. The lowest BCUT2D eigenvalue weighted by atomic mass is 9.95. The summed E-state index contributed by atoms with van der Waals surface area (Å²) in [4.78, 5) is 23.8. The maximum atomic E-state index is 11.3. The summed E-state index contributed by atoms with van der Waals surface area (Å²) < 4.78 is 4.83. The molecule has 5 heteroatoms. The highest BCUT2D eigenvalue weighted by Gasteiger charge is 2.45. The first-order valence-corrected chi connectivity index (χ1v) is 5.52. The van der Waals surface area contributed by atoms with Crippen molar-refractivity contribution in [1.29, 1.82) is 0 Å². The summed E-state index contributed by atoms with van der Waals surface area (Å²) in [6, 6.07) is -0.0462. The number of ether oxygens (including phenoxy) is 1. The number of carbonyl (C=O) groups excluding carboxylic acids is 1. The minimum absolute atomic E-state index is 0.0585. The van der Waals surface area contributed by atoms with Crippen LogP contribution in [-0.4, -0.2) is 40.8 Å². The van der Waals surface area contributed by atoms with Crippen LogP contribution in [-0.2, 0) is 9.53 Å². The number of rotatable bonds is 2. The Morgan fingerprint density at radius 1 is 1.56 bits per heavy atom. The molecule has 0 saturated carbocycles. The molecule has 0 spiro atoms. The van der Waals surface area contributed by atoms with Crippen molar-refractivity contribution in [1.82, 2.24) is 4.90 Å². The molecule has 0 aromatic carbocycles. The first-order valence-electron chi connectivity index (χ1n) is 5.52. The van der Waals surface area contributed by atoms with E-state index in [0.717, 1.165) is 18.4 Å². The molecule has 0 radical (unpaired) electrons. The summed E-state index contributed by atoms with van der Waals surface area (Å²) in [7, 11) is 0. The van der Waals surface area contributed by atoms with Crippen molar-refractivity contribution >= 4 is 12.1 Å². The van der Waals surface area contributed by atoms with E-state index in [2.05, 4.69) is 0 Å². The van der Waals surface area contributed by atoms with Crippen molar-refractivity contribution in [2.45, 2.75) is 38.3 Å². The zero-order valence-electron chi connectivity index (χ0n) is 9.18. The van der Waals surface area contributed by atoms with E-state index >= 15 is 0 Å². The topological polar surface area (TPSA) is 66.8 Å². The summed E-state index contributed by atoms with van der Waals surface area (Å²) in [6.07, 6.45) is 2.97. The molecule has 0 aliphatic carbocycles. The molecular formula is C11H15NO4. The number of fused-ring (bicyclic) bond motifs is 2. The van der Waals surface area contributed by atoms with Gasteiger partial charge in [-0.2, -0.15) is 0 Å². The molecule has 2 fully saturated rings. The van der Waals surface area contributed by atoms with Crippen LogP contribution in [0.25, 0.3) is 0 Å². The Kier molecular flexibility index (Phi) is 2.85. The van der Waals surface area contributed by atoms with Crippen molar-refractivity contribution < 1.29 is 19.4 Å². The molecule has 0 aromatic rings. The van der Waals surface area contributed by atoms with E-state index in [0.29, 0.717) is 13.0 Å². The number of esters is 1. The fourth-order valence-corrected chi connectivity index (χ4v) is 2.64.